The molecule has 2 aromatic rings. The quantitative estimate of drug-likeness (QED) is 0.696. The van der Waals surface area contributed by atoms with Gasteiger partial charge in [0.1, 0.15) is 0 Å². The van der Waals surface area contributed by atoms with Crippen LogP contribution in [0.25, 0.3) is 0 Å². The van der Waals surface area contributed by atoms with Gasteiger partial charge in [0.05, 0.1) is 28.8 Å². The average molecular weight is 374 g/mol. The molecule has 1 aliphatic carbocycles. The van der Waals surface area contributed by atoms with Crippen molar-refractivity contribution in [1.29, 1.82) is 0 Å². The Kier molecular flexibility index (Phi) is 5.38. The molecule has 26 heavy (non-hydrogen) atoms. The Balaban J connectivity index is 1.90. The van der Waals surface area contributed by atoms with Crippen LogP contribution in [-0.2, 0) is 14.8 Å². The molecular formula is C19H22N2O4S. The summed E-state index contributed by atoms with van der Waals surface area (Å²) in [5, 5.41) is 0. The van der Waals surface area contributed by atoms with Crippen LogP contribution in [0.3, 0.4) is 0 Å². The third-order valence-electron chi connectivity index (χ3n) is 4.35. The lowest BCUT2D eigenvalue weighted by Gasteiger charge is -2.28. The molecule has 0 spiro atoms. The van der Waals surface area contributed by atoms with Crippen molar-refractivity contribution < 1.29 is 17.9 Å². The van der Waals surface area contributed by atoms with Crippen LogP contribution in [0.5, 0.6) is 0 Å². The summed E-state index contributed by atoms with van der Waals surface area (Å²) in [5.41, 5.74) is 1.05. The predicted octanol–water partition coefficient (Wildman–Crippen LogP) is 3.17. The number of rotatable bonds is 7. The highest BCUT2D eigenvalue weighted by molar-refractivity contribution is 7.89. The number of hydrogen-bond donors (Lipinski definition) is 0. The zero-order chi connectivity index (χ0) is 18.7. The average Bonchev–Trinajstić information content (AvgIpc) is 3.47. The van der Waals surface area contributed by atoms with E-state index in [2.05, 4.69) is 4.98 Å². The highest BCUT2D eigenvalue weighted by atomic mass is 32.2. The third kappa shape index (κ3) is 3.78. The first-order chi connectivity index (χ1) is 12.4. The van der Waals surface area contributed by atoms with Crippen LogP contribution in [0.1, 0.15) is 48.8 Å². The monoisotopic (exact) mass is 374 g/mol. The van der Waals surface area contributed by atoms with E-state index in [0.29, 0.717) is 11.3 Å². The van der Waals surface area contributed by atoms with Gasteiger partial charge in [0, 0.05) is 12.2 Å². The Bertz CT molecular complexity index is 862. The largest absolute Gasteiger partial charge is 0.462 e. The van der Waals surface area contributed by atoms with E-state index in [1.165, 1.54) is 28.6 Å². The second-order valence-corrected chi connectivity index (χ2v) is 8.08. The van der Waals surface area contributed by atoms with Gasteiger partial charge in [-0.1, -0.05) is 6.07 Å². The summed E-state index contributed by atoms with van der Waals surface area (Å²) in [5.74, 6) is -0.461. The molecular weight excluding hydrogens is 352 g/mol. The number of carbonyl (C=O) groups excluding carboxylic acids is 1. The number of nitrogens with zero attached hydrogens (tertiary/aromatic N) is 2. The smallest absolute Gasteiger partial charge is 0.338 e. The lowest BCUT2D eigenvalue weighted by atomic mass is 10.2. The first kappa shape index (κ1) is 18.5. The van der Waals surface area contributed by atoms with Gasteiger partial charge in [-0.05, 0) is 63.1 Å². The fraction of sp³-hybridized carbons (Fsp3) is 0.368. The van der Waals surface area contributed by atoms with E-state index in [-0.39, 0.29) is 23.6 Å². The van der Waals surface area contributed by atoms with Crippen molar-refractivity contribution in [2.45, 2.75) is 43.7 Å². The molecule has 1 saturated carbocycles. The summed E-state index contributed by atoms with van der Waals surface area (Å²) in [6, 6.07) is 11.0. The maximum atomic E-state index is 13.2. The highest BCUT2D eigenvalue weighted by Crippen LogP contribution is 2.38. The van der Waals surface area contributed by atoms with Crippen LogP contribution >= 0.6 is 0 Å². The van der Waals surface area contributed by atoms with Crippen molar-refractivity contribution >= 4 is 16.0 Å². The predicted molar refractivity (Wildman–Crippen MR) is 97.1 cm³/mol. The van der Waals surface area contributed by atoms with Crippen molar-refractivity contribution in [2.24, 2.45) is 0 Å². The van der Waals surface area contributed by atoms with Crippen molar-refractivity contribution in [1.82, 2.24) is 9.29 Å². The molecule has 1 fully saturated rings. The molecule has 0 aliphatic heterocycles. The van der Waals surface area contributed by atoms with E-state index in [4.69, 9.17) is 4.74 Å². The number of benzene rings is 1. The molecule has 0 N–H and O–H groups in total. The molecule has 0 saturated heterocycles. The number of ether oxygens (including phenoxy) is 1. The summed E-state index contributed by atoms with van der Waals surface area (Å²) in [6.45, 7) is 3.85. The van der Waals surface area contributed by atoms with Gasteiger partial charge in [0.25, 0.3) is 0 Å². The molecule has 6 nitrogen and oxygen atoms in total. The van der Waals surface area contributed by atoms with Crippen molar-refractivity contribution in [3.8, 4) is 0 Å². The van der Waals surface area contributed by atoms with Gasteiger partial charge in [0.15, 0.2) is 0 Å². The molecule has 1 aromatic carbocycles. The van der Waals surface area contributed by atoms with Crippen molar-refractivity contribution in [2.75, 3.05) is 6.61 Å². The van der Waals surface area contributed by atoms with Gasteiger partial charge >= 0.3 is 5.97 Å². The summed E-state index contributed by atoms with van der Waals surface area (Å²) < 4.78 is 32.9. The first-order valence-corrected chi connectivity index (χ1v) is 10.1. The first-order valence-electron chi connectivity index (χ1n) is 8.66. The zero-order valence-electron chi connectivity index (χ0n) is 14.8. The number of hydrogen-bond acceptors (Lipinski definition) is 5. The SMILES string of the molecule is CCOC(=O)c1ccc(S(=O)(=O)N(C2CC2)C(C)c2ccccn2)cc1. The van der Waals surface area contributed by atoms with Crippen molar-refractivity contribution in [3.63, 3.8) is 0 Å². The van der Waals surface area contributed by atoms with Gasteiger partial charge in [0.2, 0.25) is 10.0 Å². The second kappa shape index (κ2) is 7.55. The Morgan fingerprint density at radius 1 is 1.23 bits per heavy atom. The van der Waals surface area contributed by atoms with Crippen molar-refractivity contribution in [3.05, 3.63) is 59.9 Å². The maximum absolute atomic E-state index is 13.2. The molecule has 0 bridgehead atoms. The van der Waals surface area contributed by atoms with Crippen LogP contribution in [0.2, 0.25) is 0 Å². The Labute approximate surface area is 153 Å². The lowest BCUT2D eigenvalue weighted by Crippen LogP contribution is -2.36. The molecule has 1 heterocycles. The van der Waals surface area contributed by atoms with E-state index < -0.39 is 16.0 Å². The fourth-order valence-electron chi connectivity index (χ4n) is 2.90. The lowest BCUT2D eigenvalue weighted by molar-refractivity contribution is 0.0526. The van der Waals surface area contributed by atoms with Crippen LogP contribution in [0.15, 0.2) is 53.6 Å². The normalized spacial score (nSPS) is 15.7. The number of esters is 1. The summed E-state index contributed by atoms with van der Waals surface area (Å²) in [4.78, 5) is 16.2. The maximum Gasteiger partial charge on any atom is 0.338 e. The summed E-state index contributed by atoms with van der Waals surface area (Å²) in [6.07, 6.45) is 3.35. The Morgan fingerprint density at radius 3 is 2.46 bits per heavy atom. The van der Waals surface area contributed by atoms with Gasteiger partial charge in [-0.2, -0.15) is 4.31 Å². The summed E-state index contributed by atoms with van der Waals surface area (Å²) >= 11 is 0. The number of pyridine rings is 1. The van der Waals surface area contributed by atoms with Gasteiger partial charge in [-0.15, -0.1) is 0 Å². The van der Waals surface area contributed by atoms with Gasteiger partial charge < -0.3 is 4.74 Å². The third-order valence-corrected chi connectivity index (χ3v) is 6.38. The minimum absolute atomic E-state index is 0.0123. The number of sulfonamides is 1. The van der Waals surface area contributed by atoms with Gasteiger partial charge in [-0.3, -0.25) is 4.98 Å². The van der Waals surface area contributed by atoms with E-state index in [1.807, 2.05) is 19.1 Å². The Morgan fingerprint density at radius 2 is 1.92 bits per heavy atom. The van der Waals surface area contributed by atoms with E-state index >= 15 is 0 Å². The molecule has 0 amide bonds. The van der Waals surface area contributed by atoms with Gasteiger partial charge in [-0.25, -0.2) is 13.2 Å². The highest BCUT2D eigenvalue weighted by Gasteiger charge is 2.42. The molecule has 1 atom stereocenters. The number of aromatic nitrogens is 1. The Hall–Kier alpha value is -2.25. The van der Waals surface area contributed by atoms with E-state index in [9.17, 15) is 13.2 Å². The molecule has 3 rings (SSSR count). The second-order valence-electron chi connectivity index (χ2n) is 6.24. The topological polar surface area (TPSA) is 76.6 Å². The van der Waals surface area contributed by atoms with Crippen LogP contribution in [0.4, 0.5) is 0 Å². The molecule has 0 radical (unpaired) electrons. The minimum Gasteiger partial charge on any atom is -0.462 e. The van der Waals surface area contributed by atoms with E-state index in [1.54, 1.807) is 19.2 Å². The summed E-state index contributed by atoms with van der Waals surface area (Å²) in [7, 11) is -3.70. The van der Waals surface area contributed by atoms with Crippen LogP contribution in [-0.4, -0.2) is 36.3 Å². The zero-order valence-corrected chi connectivity index (χ0v) is 15.6. The molecule has 138 valence electrons. The van der Waals surface area contributed by atoms with Crippen LogP contribution < -0.4 is 0 Å². The molecule has 1 unspecified atom stereocenters. The molecule has 1 aliphatic rings. The number of carbonyl (C=O) groups is 1. The standard InChI is InChI=1S/C19H22N2O4S/c1-3-25-19(22)15-7-11-17(12-8-15)26(23,24)21(16-9-10-16)14(2)18-6-4-5-13-20-18/h4-8,11-14,16H,3,9-10H2,1-2H3. The molecule has 1 aromatic heterocycles. The minimum atomic E-state index is -3.70. The van der Waals surface area contributed by atoms with Crippen LogP contribution in [0, 0.1) is 0 Å². The van der Waals surface area contributed by atoms with E-state index in [0.717, 1.165) is 12.8 Å². The fourth-order valence-corrected chi connectivity index (χ4v) is 4.75. The molecule has 7 heteroatoms.